The van der Waals surface area contributed by atoms with Crippen molar-refractivity contribution >= 4 is 27.5 Å². The number of carbonyl (C=O) groups is 2. The van der Waals surface area contributed by atoms with Crippen molar-refractivity contribution in [2.75, 3.05) is 11.8 Å². The van der Waals surface area contributed by atoms with Gasteiger partial charge in [0.1, 0.15) is 5.75 Å². The molecule has 0 heterocycles. The number of carbonyl (C=O) groups excluding carboxylic acids is 2. The molecule has 2 aromatic rings. The van der Waals surface area contributed by atoms with Crippen molar-refractivity contribution in [1.29, 1.82) is 0 Å². The Kier molecular flexibility index (Phi) is 6.36. The number of hydrogen-bond donors (Lipinski definition) is 3. The second-order valence-corrected chi connectivity index (χ2v) is 10.2. The summed E-state index contributed by atoms with van der Waals surface area (Å²) in [6, 6.07) is 12.2. The molecule has 2 bridgehead atoms. The third kappa shape index (κ3) is 4.88. The monoisotopic (exact) mass is 457 g/mol. The molecule has 0 spiro atoms. The van der Waals surface area contributed by atoms with E-state index in [-0.39, 0.29) is 22.1 Å². The molecule has 2 fully saturated rings. The minimum Gasteiger partial charge on any atom is -0.495 e. The molecular formula is C23H27N3O5S. The topological polar surface area (TPSA) is 114 Å². The van der Waals surface area contributed by atoms with E-state index in [0.29, 0.717) is 24.0 Å². The highest BCUT2D eigenvalue weighted by molar-refractivity contribution is 7.92. The lowest BCUT2D eigenvalue weighted by Gasteiger charge is -2.20. The molecule has 4 rings (SSSR count). The van der Waals surface area contributed by atoms with Gasteiger partial charge >= 0.3 is 0 Å². The Labute approximate surface area is 187 Å². The molecule has 32 heavy (non-hydrogen) atoms. The summed E-state index contributed by atoms with van der Waals surface area (Å²) in [6.07, 6.45) is 5.17. The largest absolute Gasteiger partial charge is 0.495 e. The first-order valence-electron chi connectivity index (χ1n) is 10.7. The lowest BCUT2D eigenvalue weighted by atomic mass is 9.86. The van der Waals surface area contributed by atoms with Crippen LogP contribution in [0.3, 0.4) is 0 Å². The number of ether oxygens (including phenoxy) is 1. The van der Waals surface area contributed by atoms with Gasteiger partial charge < -0.3 is 4.74 Å². The van der Waals surface area contributed by atoms with Crippen LogP contribution in [-0.4, -0.2) is 27.3 Å². The maximum atomic E-state index is 12.8. The molecule has 2 aliphatic carbocycles. The van der Waals surface area contributed by atoms with E-state index in [1.54, 1.807) is 24.3 Å². The Hall–Kier alpha value is -3.07. The van der Waals surface area contributed by atoms with Crippen molar-refractivity contribution in [3.63, 3.8) is 0 Å². The van der Waals surface area contributed by atoms with Crippen LogP contribution < -0.4 is 20.3 Å². The Morgan fingerprint density at radius 2 is 1.84 bits per heavy atom. The van der Waals surface area contributed by atoms with Gasteiger partial charge in [0.25, 0.3) is 15.9 Å². The predicted octanol–water partition coefficient (Wildman–Crippen LogP) is 3.08. The zero-order chi connectivity index (χ0) is 22.7. The zero-order valence-corrected chi connectivity index (χ0v) is 18.7. The first-order valence-corrected chi connectivity index (χ1v) is 12.2. The fourth-order valence-electron chi connectivity index (χ4n) is 4.85. The number of rotatable bonds is 7. The van der Waals surface area contributed by atoms with Crippen LogP contribution in [0.4, 0.5) is 5.69 Å². The number of para-hydroxylation sites is 2. The molecule has 3 N–H and O–H groups in total. The molecular weight excluding hydrogens is 430 g/mol. The maximum Gasteiger partial charge on any atom is 0.269 e. The van der Waals surface area contributed by atoms with Crippen LogP contribution >= 0.6 is 0 Å². The third-order valence-corrected chi connectivity index (χ3v) is 7.77. The van der Waals surface area contributed by atoms with Crippen LogP contribution in [-0.2, 0) is 14.8 Å². The van der Waals surface area contributed by atoms with Gasteiger partial charge in [-0.15, -0.1) is 0 Å². The molecule has 2 aliphatic rings. The summed E-state index contributed by atoms with van der Waals surface area (Å²) in [4.78, 5) is 24.7. The SMILES string of the molecule is COc1ccccc1NS(=O)(=O)c1cccc(C(=O)NNC(=O)C[C@H]2C[C@@H]3CC[C@H]2C3)c1. The molecule has 8 nitrogen and oxygen atoms in total. The number of amides is 2. The van der Waals surface area contributed by atoms with Crippen molar-refractivity contribution in [1.82, 2.24) is 10.9 Å². The molecule has 2 saturated carbocycles. The fourth-order valence-corrected chi connectivity index (χ4v) is 5.97. The summed E-state index contributed by atoms with van der Waals surface area (Å²) in [5.41, 5.74) is 5.26. The number of nitrogens with one attached hydrogen (secondary N) is 3. The molecule has 170 valence electrons. The number of methoxy groups -OCH3 is 1. The number of hydrazine groups is 1. The van der Waals surface area contributed by atoms with Gasteiger partial charge in [-0.25, -0.2) is 8.42 Å². The van der Waals surface area contributed by atoms with Gasteiger partial charge in [-0.05, 0) is 67.3 Å². The van der Waals surface area contributed by atoms with Crippen LogP contribution in [0.15, 0.2) is 53.4 Å². The lowest BCUT2D eigenvalue weighted by Crippen LogP contribution is -2.42. The molecule has 0 radical (unpaired) electrons. The number of sulfonamides is 1. The number of fused-ring (bicyclic) bond motifs is 2. The molecule has 0 aromatic heterocycles. The molecule has 0 saturated heterocycles. The van der Waals surface area contributed by atoms with Gasteiger partial charge in [-0.3, -0.25) is 25.2 Å². The summed E-state index contributed by atoms with van der Waals surface area (Å²) in [5, 5.41) is 0. The van der Waals surface area contributed by atoms with Crippen molar-refractivity contribution in [2.45, 2.75) is 37.0 Å². The average Bonchev–Trinajstić information content (AvgIpc) is 3.41. The highest BCUT2D eigenvalue weighted by atomic mass is 32.2. The van der Waals surface area contributed by atoms with E-state index in [1.165, 1.54) is 50.6 Å². The van der Waals surface area contributed by atoms with Gasteiger partial charge in [-0.2, -0.15) is 0 Å². The molecule has 2 amide bonds. The highest BCUT2D eigenvalue weighted by Crippen LogP contribution is 2.49. The number of anilines is 1. The van der Waals surface area contributed by atoms with E-state index in [1.807, 2.05) is 0 Å². The van der Waals surface area contributed by atoms with Crippen LogP contribution in [0.5, 0.6) is 5.75 Å². The minimum atomic E-state index is -3.95. The number of hydrogen-bond acceptors (Lipinski definition) is 5. The second-order valence-electron chi connectivity index (χ2n) is 8.47. The Morgan fingerprint density at radius 1 is 1.03 bits per heavy atom. The Balaban J connectivity index is 1.37. The Morgan fingerprint density at radius 3 is 2.56 bits per heavy atom. The van der Waals surface area contributed by atoms with Crippen molar-refractivity contribution in [2.24, 2.45) is 17.8 Å². The van der Waals surface area contributed by atoms with Gasteiger partial charge in [0.2, 0.25) is 5.91 Å². The van der Waals surface area contributed by atoms with E-state index >= 15 is 0 Å². The number of benzene rings is 2. The van der Waals surface area contributed by atoms with Crippen LogP contribution in [0.25, 0.3) is 0 Å². The van der Waals surface area contributed by atoms with Crippen LogP contribution in [0, 0.1) is 17.8 Å². The van der Waals surface area contributed by atoms with Gasteiger partial charge in [0.05, 0.1) is 17.7 Å². The van der Waals surface area contributed by atoms with Crippen LogP contribution in [0.1, 0.15) is 42.5 Å². The highest BCUT2D eigenvalue weighted by Gasteiger charge is 2.40. The minimum absolute atomic E-state index is 0.0793. The second kappa shape index (κ2) is 9.20. The molecule has 0 aliphatic heterocycles. The maximum absolute atomic E-state index is 12.8. The first-order chi connectivity index (χ1) is 15.4. The Bertz CT molecular complexity index is 1120. The van der Waals surface area contributed by atoms with E-state index in [4.69, 9.17) is 4.74 Å². The first kappa shape index (κ1) is 22.1. The van der Waals surface area contributed by atoms with Crippen LogP contribution in [0.2, 0.25) is 0 Å². The lowest BCUT2D eigenvalue weighted by molar-refractivity contribution is -0.123. The van der Waals surface area contributed by atoms with E-state index in [9.17, 15) is 18.0 Å². The molecule has 0 unspecified atom stereocenters. The quantitative estimate of drug-likeness (QED) is 0.553. The summed E-state index contributed by atoms with van der Waals surface area (Å²) in [5.74, 6) is 1.34. The summed E-state index contributed by atoms with van der Waals surface area (Å²) >= 11 is 0. The van der Waals surface area contributed by atoms with E-state index in [2.05, 4.69) is 15.6 Å². The van der Waals surface area contributed by atoms with Crippen molar-refractivity contribution < 1.29 is 22.7 Å². The standard InChI is InChI=1S/C23H27N3O5S/c1-31-21-8-3-2-7-20(21)26-32(29,30)19-6-4-5-17(13-19)23(28)25-24-22(27)14-18-12-15-9-10-16(18)11-15/h2-8,13,15-16,18,26H,9-12,14H2,1H3,(H,24,27)(H,25,28)/t15-,16+,18-/m1/s1. The van der Waals surface area contributed by atoms with Gasteiger partial charge in [-0.1, -0.05) is 24.6 Å². The predicted molar refractivity (Wildman–Crippen MR) is 119 cm³/mol. The van der Waals surface area contributed by atoms with E-state index < -0.39 is 15.9 Å². The summed E-state index contributed by atoms with van der Waals surface area (Å²) in [6.45, 7) is 0. The zero-order valence-electron chi connectivity index (χ0n) is 17.8. The van der Waals surface area contributed by atoms with Crippen molar-refractivity contribution in [3.05, 3.63) is 54.1 Å². The third-order valence-electron chi connectivity index (χ3n) is 6.41. The molecule has 9 heteroatoms. The molecule has 3 atom stereocenters. The van der Waals surface area contributed by atoms with Crippen molar-refractivity contribution in [3.8, 4) is 5.75 Å². The van der Waals surface area contributed by atoms with E-state index in [0.717, 1.165) is 12.3 Å². The fraction of sp³-hybridized carbons (Fsp3) is 0.391. The average molecular weight is 458 g/mol. The normalized spacial score (nSPS) is 21.7. The smallest absolute Gasteiger partial charge is 0.269 e. The summed E-state index contributed by atoms with van der Waals surface area (Å²) < 4.78 is 33.2. The summed E-state index contributed by atoms with van der Waals surface area (Å²) in [7, 11) is -2.50. The van der Waals surface area contributed by atoms with Gasteiger partial charge in [0.15, 0.2) is 0 Å². The molecule has 2 aromatic carbocycles. The van der Waals surface area contributed by atoms with Gasteiger partial charge in [0, 0.05) is 12.0 Å².